The Kier molecular flexibility index (Phi) is 8.37. The normalized spacial score (nSPS) is 12.7. The maximum Gasteiger partial charge on any atom is 0.329 e. The topological polar surface area (TPSA) is 118 Å². The Balaban J connectivity index is 1.52. The lowest BCUT2D eigenvalue weighted by Crippen LogP contribution is -2.46. The SMILES string of the molecule is COC(=O)C(C(C)C)N(c1ccc(-c2ccc(NC(=O)c3oc4cccc(OC)c4c3C)cc2)cc1)S(=O)O. The highest BCUT2D eigenvalue weighted by molar-refractivity contribution is 7.80. The smallest absolute Gasteiger partial charge is 0.329 e. The number of fused-ring (bicyclic) bond motifs is 1. The fourth-order valence-corrected chi connectivity index (χ4v) is 5.32. The summed E-state index contributed by atoms with van der Waals surface area (Å²) in [5, 5.41) is 3.63. The number of methoxy groups -OCH3 is 2. The number of benzene rings is 3. The molecule has 4 aromatic rings. The van der Waals surface area contributed by atoms with E-state index in [4.69, 9.17) is 13.9 Å². The molecule has 4 rings (SSSR count). The molecule has 204 valence electrons. The zero-order chi connectivity index (χ0) is 28.3. The van der Waals surface area contributed by atoms with Crippen LogP contribution in [0.3, 0.4) is 0 Å². The van der Waals surface area contributed by atoms with Gasteiger partial charge in [0.2, 0.25) is 0 Å². The highest BCUT2D eigenvalue weighted by atomic mass is 32.2. The Morgan fingerprint density at radius 3 is 2.13 bits per heavy atom. The first kappa shape index (κ1) is 27.9. The molecule has 3 aromatic carbocycles. The molecule has 0 saturated carbocycles. The van der Waals surface area contributed by atoms with Gasteiger partial charge in [0.25, 0.3) is 17.2 Å². The van der Waals surface area contributed by atoms with Crippen molar-refractivity contribution in [2.75, 3.05) is 23.8 Å². The predicted molar refractivity (Wildman–Crippen MR) is 151 cm³/mol. The van der Waals surface area contributed by atoms with Crippen molar-refractivity contribution in [2.45, 2.75) is 26.8 Å². The Morgan fingerprint density at radius 1 is 0.974 bits per heavy atom. The molecule has 0 bridgehead atoms. The molecule has 0 aliphatic rings. The fourth-order valence-electron chi connectivity index (χ4n) is 4.49. The van der Waals surface area contributed by atoms with Crippen LogP contribution in [0.2, 0.25) is 0 Å². The standard InChI is InChI=1S/C29H30N2O7S/c1-17(2)26(29(33)37-5)31(39(34)35)22-15-11-20(12-16-22)19-9-13-21(14-10-19)30-28(32)27-18(3)25-23(36-4)7-6-8-24(25)38-27/h6-17,26H,1-5H3,(H,30,32)(H,34,35). The fraction of sp³-hybridized carbons (Fsp3) is 0.241. The lowest BCUT2D eigenvalue weighted by molar-refractivity contribution is -0.142. The quantitative estimate of drug-likeness (QED) is 0.199. The molecular formula is C29H30N2O7S. The molecule has 0 saturated heterocycles. The van der Waals surface area contributed by atoms with Crippen molar-refractivity contribution in [2.24, 2.45) is 5.92 Å². The van der Waals surface area contributed by atoms with Crippen molar-refractivity contribution in [1.29, 1.82) is 0 Å². The first-order chi connectivity index (χ1) is 18.7. The van der Waals surface area contributed by atoms with E-state index in [2.05, 4.69) is 5.32 Å². The molecule has 0 fully saturated rings. The van der Waals surface area contributed by atoms with Gasteiger partial charge in [0.05, 0.1) is 25.3 Å². The molecule has 2 N–H and O–H groups in total. The molecular weight excluding hydrogens is 520 g/mol. The number of amides is 1. The van der Waals surface area contributed by atoms with Crippen LogP contribution in [-0.2, 0) is 20.8 Å². The van der Waals surface area contributed by atoms with Gasteiger partial charge in [0.15, 0.2) is 5.76 Å². The van der Waals surface area contributed by atoms with Gasteiger partial charge in [-0.25, -0.2) is 9.00 Å². The van der Waals surface area contributed by atoms with Crippen LogP contribution in [0.5, 0.6) is 5.75 Å². The minimum Gasteiger partial charge on any atom is -0.496 e. The lowest BCUT2D eigenvalue weighted by atomic mass is 10.0. The number of furan rings is 1. The summed E-state index contributed by atoms with van der Waals surface area (Å²) in [4.78, 5) is 25.3. The van der Waals surface area contributed by atoms with Crippen LogP contribution >= 0.6 is 0 Å². The monoisotopic (exact) mass is 550 g/mol. The van der Waals surface area contributed by atoms with Gasteiger partial charge in [-0.2, -0.15) is 0 Å². The van der Waals surface area contributed by atoms with Crippen molar-refractivity contribution in [3.8, 4) is 16.9 Å². The number of ether oxygens (including phenoxy) is 2. The second-order valence-corrected chi connectivity index (χ2v) is 10.1. The second-order valence-electron chi connectivity index (χ2n) is 9.24. The van der Waals surface area contributed by atoms with Crippen LogP contribution in [0.15, 0.2) is 71.1 Å². The third kappa shape index (κ3) is 5.67. The molecule has 0 spiro atoms. The molecule has 1 amide bonds. The van der Waals surface area contributed by atoms with Gasteiger partial charge in [-0.15, -0.1) is 0 Å². The van der Waals surface area contributed by atoms with Crippen LogP contribution in [0.25, 0.3) is 22.1 Å². The van der Waals surface area contributed by atoms with Gasteiger partial charge in [-0.1, -0.05) is 44.2 Å². The Morgan fingerprint density at radius 2 is 1.59 bits per heavy atom. The molecule has 9 nitrogen and oxygen atoms in total. The number of rotatable bonds is 9. The van der Waals surface area contributed by atoms with Gasteiger partial charge >= 0.3 is 5.97 Å². The van der Waals surface area contributed by atoms with Crippen LogP contribution in [0.1, 0.15) is 30.0 Å². The van der Waals surface area contributed by atoms with E-state index < -0.39 is 23.3 Å². The zero-order valence-corrected chi connectivity index (χ0v) is 23.1. The third-order valence-corrected chi connectivity index (χ3v) is 7.21. The Bertz CT molecular complexity index is 1510. The summed E-state index contributed by atoms with van der Waals surface area (Å²) in [5.41, 5.74) is 3.98. The zero-order valence-electron chi connectivity index (χ0n) is 22.3. The Hall–Kier alpha value is -4.15. The van der Waals surface area contributed by atoms with E-state index in [9.17, 15) is 18.4 Å². The highest BCUT2D eigenvalue weighted by Crippen LogP contribution is 2.33. The van der Waals surface area contributed by atoms with Gasteiger partial charge in [0.1, 0.15) is 17.4 Å². The van der Waals surface area contributed by atoms with E-state index in [0.29, 0.717) is 28.3 Å². The number of hydrogen-bond donors (Lipinski definition) is 2. The molecule has 2 atom stereocenters. The maximum absolute atomic E-state index is 13.0. The van der Waals surface area contributed by atoms with Crippen LogP contribution in [-0.4, -0.2) is 40.9 Å². The van der Waals surface area contributed by atoms with Crippen molar-refractivity contribution in [3.05, 3.63) is 78.1 Å². The molecule has 0 aliphatic carbocycles. The number of anilines is 2. The number of carbonyl (C=O) groups is 2. The van der Waals surface area contributed by atoms with E-state index >= 15 is 0 Å². The predicted octanol–water partition coefficient (Wildman–Crippen LogP) is 5.81. The largest absolute Gasteiger partial charge is 0.496 e. The molecule has 1 aromatic heterocycles. The average Bonchev–Trinajstić information content (AvgIpc) is 3.28. The summed E-state index contributed by atoms with van der Waals surface area (Å²) in [7, 11) is 2.82. The molecule has 2 unspecified atom stereocenters. The summed E-state index contributed by atoms with van der Waals surface area (Å²) in [6.45, 7) is 5.38. The number of carbonyl (C=O) groups excluding carboxylic acids is 2. The minimum absolute atomic E-state index is 0.214. The van der Waals surface area contributed by atoms with Crippen LogP contribution in [0, 0.1) is 12.8 Å². The van der Waals surface area contributed by atoms with Gasteiger partial charge in [-0.3, -0.25) is 13.7 Å². The number of aryl methyl sites for hydroxylation is 1. The van der Waals surface area contributed by atoms with Crippen LogP contribution in [0.4, 0.5) is 11.4 Å². The van der Waals surface area contributed by atoms with Crippen molar-refractivity contribution in [3.63, 3.8) is 0 Å². The first-order valence-electron chi connectivity index (χ1n) is 12.2. The maximum atomic E-state index is 13.0. The first-order valence-corrected chi connectivity index (χ1v) is 13.3. The number of hydrogen-bond acceptors (Lipinski definition) is 6. The van der Waals surface area contributed by atoms with E-state index in [1.807, 2.05) is 25.1 Å². The molecule has 0 aliphatic heterocycles. The third-order valence-electron chi connectivity index (χ3n) is 6.43. The molecule has 1 heterocycles. The number of nitrogens with one attached hydrogen (secondary N) is 1. The number of esters is 1. The van der Waals surface area contributed by atoms with Gasteiger partial charge < -0.3 is 19.2 Å². The summed E-state index contributed by atoms with van der Waals surface area (Å²) in [6.07, 6.45) is 0. The van der Waals surface area contributed by atoms with Crippen molar-refractivity contribution >= 4 is 45.5 Å². The molecule has 10 heteroatoms. The van der Waals surface area contributed by atoms with Crippen molar-refractivity contribution in [1.82, 2.24) is 0 Å². The summed E-state index contributed by atoms with van der Waals surface area (Å²) >= 11 is -2.43. The molecule has 0 radical (unpaired) electrons. The van der Waals surface area contributed by atoms with Gasteiger partial charge in [-0.05, 0) is 60.4 Å². The number of nitrogens with zero attached hydrogens (tertiary/aromatic N) is 1. The summed E-state index contributed by atoms with van der Waals surface area (Å²) in [6, 6.07) is 18.7. The van der Waals surface area contributed by atoms with Gasteiger partial charge in [0, 0.05) is 11.3 Å². The summed E-state index contributed by atoms with van der Waals surface area (Å²) < 4.78 is 39.3. The lowest BCUT2D eigenvalue weighted by Gasteiger charge is -2.30. The second kappa shape index (κ2) is 11.7. The van der Waals surface area contributed by atoms with Crippen LogP contribution < -0.4 is 14.4 Å². The summed E-state index contributed by atoms with van der Waals surface area (Å²) in [5.74, 6) is -0.370. The van der Waals surface area contributed by atoms with E-state index in [-0.39, 0.29) is 17.6 Å². The van der Waals surface area contributed by atoms with E-state index in [1.165, 1.54) is 7.11 Å². The minimum atomic E-state index is -2.43. The van der Waals surface area contributed by atoms with Crippen molar-refractivity contribution < 1.29 is 32.2 Å². The van der Waals surface area contributed by atoms with E-state index in [0.717, 1.165) is 20.8 Å². The van der Waals surface area contributed by atoms with E-state index in [1.54, 1.807) is 69.5 Å². The Labute approximate surface area is 229 Å². The molecule has 39 heavy (non-hydrogen) atoms. The highest BCUT2D eigenvalue weighted by Gasteiger charge is 2.33. The average molecular weight is 551 g/mol.